The second-order valence-electron chi connectivity index (χ2n) is 22.9. The molecular formula is C80H120N4+4. The molecule has 4 heteroatoms. The summed E-state index contributed by atoms with van der Waals surface area (Å²) in [7, 11) is 7.66. The normalized spacial score (nSPS) is 14.6. The lowest BCUT2D eigenvalue weighted by atomic mass is 9.92. The molecule has 0 saturated carbocycles. The topological polar surface area (TPSA) is 15.5 Å². The van der Waals surface area contributed by atoms with E-state index in [0.29, 0.717) is 33.4 Å². The zero-order valence-electron chi connectivity index (χ0n) is 68.0. The Bertz CT molecular complexity index is 4030. The van der Waals surface area contributed by atoms with E-state index in [4.69, 9.17) is 21.9 Å². The Morgan fingerprint density at radius 3 is 1.02 bits per heavy atom. The van der Waals surface area contributed by atoms with Crippen molar-refractivity contribution in [3.63, 3.8) is 0 Å². The molecule has 84 heavy (non-hydrogen) atoms. The van der Waals surface area contributed by atoms with Crippen molar-refractivity contribution in [3.05, 3.63) is 212 Å². The molecule has 0 atom stereocenters. The van der Waals surface area contributed by atoms with Crippen molar-refractivity contribution in [1.82, 2.24) is 0 Å². The monoisotopic (exact) mass is 1150 g/mol. The van der Waals surface area contributed by atoms with Crippen LogP contribution in [0.15, 0.2) is 140 Å². The Morgan fingerprint density at radius 2 is 0.655 bits per heavy atom. The number of nitrogens with zero attached hydrogens (tertiary/aromatic N) is 4. The lowest BCUT2D eigenvalue weighted by Gasteiger charge is -2.14. The summed E-state index contributed by atoms with van der Waals surface area (Å²) in [5.41, 5.74) is 17.7. The van der Waals surface area contributed by atoms with Crippen molar-refractivity contribution < 1.29 is 40.2 Å². The quantitative estimate of drug-likeness (QED) is 0.0965. The SMILES string of the molecule is C.C.C.C.[2H]C([2H])([2H])c1ccc(-c2cc(C)c(C([2H])([2H])C(C)C)c[n+]2C)c(C)c1.[2H]C([2H])([2H])c1ccc(-c2ccc(C([2H])([2H])C(C)C)c[n+]2C)c(C)c1.[2H]C([2H])(c1c[n+](C)c(-c2ccccc2C)cc1C)C(C)C.[2H]C([2H])(c1cc(-c2ccccc2C)[n+](C)cc1C([2H])([2H])C(C)C)C(C)C. The summed E-state index contributed by atoms with van der Waals surface area (Å²) in [5, 5.41) is 0. The molecule has 8 rings (SSSR count). The van der Waals surface area contributed by atoms with E-state index in [1.165, 1.54) is 11.1 Å². The lowest BCUT2D eigenvalue weighted by molar-refractivity contribution is -0.661. The van der Waals surface area contributed by atoms with E-state index in [-0.39, 0.29) is 59.3 Å². The molecule has 0 spiro atoms. The van der Waals surface area contributed by atoms with Gasteiger partial charge in [-0.05, 0) is 186 Å². The van der Waals surface area contributed by atoms with E-state index in [1.54, 1.807) is 30.5 Å². The van der Waals surface area contributed by atoms with Gasteiger partial charge in [0, 0.05) is 90.7 Å². The molecule has 0 aliphatic heterocycles. The Hall–Kier alpha value is -6.52. The average molecular weight is 1150 g/mol. The second-order valence-corrected chi connectivity index (χ2v) is 22.9. The number of hydrogen-bond acceptors (Lipinski definition) is 0. The number of pyridine rings is 4. The van der Waals surface area contributed by atoms with E-state index in [0.717, 1.165) is 72.8 Å². The molecule has 0 aliphatic carbocycles. The van der Waals surface area contributed by atoms with Gasteiger partial charge in [0.25, 0.3) is 0 Å². The van der Waals surface area contributed by atoms with Gasteiger partial charge in [0.2, 0.25) is 22.8 Å². The molecule has 4 aromatic heterocycles. The Labute approximate surface area is 539 Å². The highest BCUT2D eigenvalue weighted by molar-refractivity contribution is 5.64. The van der Waals surface area contributed by atoms with Gasteiger partial charge in [0.15, 0.2) is 24.8 Å². The number of benzene rings is 4. The average Bonchev–Trinajstić information content (AvgIpc) is 0.763. The molecule has 0 N–H and O–H groups in total. The summed E-state index contributed by atoms with van der Waals surface area (Å²) >= 11 is 0. The summed E-state index contributed by atoms with van der Waals surface area (Å²) in [4.78, 5) is 0. The summed E-state index contributed by atoms with van der Waals surface area (Å²) in [6.45, 7) is 26.3. The van der Waals surface area contributed by atoms with E-state index < -0.39 is 45.6 Å². The first-order valence-electron chi connectivity index (χ1n) is 36.4. The van der Waals surface area contributed by atoms with E-state index in [9.17, 15) is 0 Å². The van der Waals surface area contributed by atoms with Gasteiger partial charge in [0.05, 0.1) is 0 Å². The number of aromatic nitrogens is 4. The van der Waals surface area contributed by atoms with Crippen LogP contribution in [-0.2, 0) is 60.1 Å². The molecule has 4 heterocycles. The fourth-order valence-corrected chi connectivity index (χ4v) is 9.66. The van der Waals surface area contributed by atoms with Crippen LogP contribution in [0.25, 0.3) is 45.0 Å². The molecule has 8 aromatic rings. The van der Waals surface area contributed by atoms with Crippen molar-refractivity contribution >= 4 is 0 Å². The molecule has 0 amide bonds. The predicted molar refractivity (Wildman–Crippen MR) is 370 cm³/mol. The second kappa shape index (κ2) is 35.1. The van der Waals surface area contributed by atoms with E-state index >= 15 is 0 Å². The zero-order valence-corrected chi connectivity index (χ0v) is 52.0. The van der Waals surface area contributed by atoms with Gasteiger partial charge in [0.1, 0.15) is 28.2 Å². The number of hydrogen-bond donors (Lipinski definition) is 0. The van der Waals surface area contributed by atoms with Gasteiger partial charge in [-0.25, -0.2) is 18.3 Å². The maximum atomic E-state index is 8.66. The summed E-state index contributed by atoms with van der Waals surface area (Å²) in [6, 6.07) is 36.3. The van der Waals surface area contributed by atoms with Crippen molar-refractivity contribution in [2.24, 2.45) is 57.8 Å². The number of aryl methyl sites for hydroxylation is 12. The largest absolute Gasteiger partial charge is 0.212 e. The van der Waals surface area contributed by atoms with Crippen LogP contribution in [-0.4, -0.2) is 0 Å². The molecule has 0 radical (unpaired) electrons. The Balaban J connectivity index is 0.000000659. The van der Waals surface area contributed by atoms with Crippen LogP contribution >= 0.6 is 0 Å². The summed E-state index contributed by atoms with van der Waals surface area (Å²) in [5.74, 6) is -0.823. The molecule has 0 fully saturated rings. The first kappa shape index (κ1) is 51.9. The van der Waals surface area contributed by atoms with Gasteiger partial charge in [-0.15, -0.1) is 0 Å². The Morgan fingerprint density at radius 1 is 0.321 bits per heavy atom. The van der Waals surface area contributed by atoms with Crippen LogP contribution in [0, 0.1) is 84.8 Å². The fourth-order valence-electron chi connectivity index (χ4n) is 9.66. The van der Waals surface area contributed by atoms with E-state index in [1.807, 2.05) is 242 Å². The first-order chi connectivity index (χ1) is 43.9. The highest BCUT2D eigenvalue weighted by Crippen LogP contribution is 2.28. The van der Waals surface area contributed by atoms with Gasteiger partial charge in [-0.3, -0.25) is 0 Å². The minimum absolute atomic E-state index is 0. The van der Waals surface area contributed by atoms with Crippen LogP contribution in [0.3, 0.4) is 0 Å². The standard InChI is InChI=1S/C21H30N.C19H26N.2C18H24N.4CH4/c1-15(2)11-18-13-21(20-10-8-7-9-17(20)5)22(6)14-19(18)12-16(3)4;1-13(2)9-17-12-20(6)19(11-15(17)4)18-8-7-14(3)10-16(18)5;1-13(2)10-16-7-9-18(19(5)12-16)17-8-6-14(3)11-15(17)4;1-13(2)10-16-12-19(5)18(11-15(16)4)17-9-7-6-8-14(17)3;;;;/h7-10,13-16H,11-12H2,1-6H3;7-8,10-13H,9H2,1-6H3;2*6-9,11-13H,10H2,1-5H3;4*1H4/q4*+1;;;;/i11D2,12D2;3D3,9D2;3D3,10D2;10D2;;;;. The minimum atomic E-state index is -2.11. The Kier molecular flexibility index (Phi) is 21.6. The van der Waals surface area contributed by atoms with Crippen LogP contribution in [0.5, 0.6) is 0 Å². The minimum Gasteiger partial charge on any atom is -0.201 e. The van der Waals surface area contributed by atoms with Gasteiger partial charge in [-0.2, -0.15) is 0 Å². The lowest BCUT2D eigenvalue weighted by Crippen LogP contribution is -2.32. The molecule has 0 unspecified atom stereocenters. The third-order valence-electron chi connectivity index (χ3n) is 13.4. The van der Waals surface area contributed by atoms with Crippen LogP contribution in [0.2, 0.25) is 0 Å². The fraction of sp³-hybridized carbons (Fsp3) is 0.450. The van der Waals surface area contributed by atoms with Crippen molar-refractivity contribution in [3.8, 4) is 45.0 Å². The molecule has 0 saturated heterocycles. The first-order valence-corrected chi connectivity index (χ1v) is 28.4. The van der Waals surface area contributed by atoms with Gasteiger partial charge < -0.3 is 0 Å². The zero-order chi connectivity index (χ0) is 73.1. The summed E-state index contributed by atoms with van der Waals surface area (Å²) in [6.07, 6.45) is 0.0363. The molecule has 0 bridgehead atoms. The maximum Gasteiger partial charge on any atom is 0.212 e. The van der Waals surface area contributed by atoms with E-state index in [2.05, 4.69) is 25.1 Å². The highest BCUT2D eigenvalue weighted by atomic mass is 14.9. The van der Waals surface area contributed by atoms with Gasteiger partial charge in [-0.1, -0.05) is 171 Å². The summed E-state index contributed by atoms with van der Waals surface area (Å²) < 4.78 is 137. The van der Waals surface area contributed by atoms with Crippen LogP contribution in [0.4, 0.5) is 0 Å². The van der Waals surface area contributed by atoms with Crippen LogP contribution in [0.1, 0.15) is 193 Å². The molecule has 0 aliphatic rings. The third-order valence-corrected chi connectivity index (χ3v) is 13.4. The maximum absolute atomic E-state index is 8.66. The molecule has 456 valence electrons. The van der Waals surface area contributed by atoms with Crippen molar-refractivity contribution in [2.75, 3.05) is 0 Å². The number of rotatable bonds is 14. The molecule has 4 aromatic carbocycles. The predicted octanol–water partition coefficient (Wildman–Crippen LogP) is 19.7. The van der Waals surface area contributed by atoms with Crippen LogP contribution < -0.4 is 18.3 Å². The molecule has 4 nitrogen and oxygen atoms in total. The van der Waals surface area contributed by atoms with Crippen molar-refractivity contribution in [2.45, 2.75) is 186 Å². The molecular weight excluding hydrogens is 1020 g/mol. The van der Waals surface area contributed by atoms with Gasteiger partial charge >= 0.3 is 0 Å². The highest BCUT2D eigenvalue weighted by Gasteiger charge is 2.21. The third kappa shape index (κ3) is 21.8. The smallest absolute Gasteiger partial charge is 0.201 e. The van der Waals surface area contributed by atoms with Crippen molar-refractivity contribution in [1.29, 1.82) is 0 Å².